The van der Waals surface area contributed by atoms with Gasteiger partial charge in [0.1, 0.15) is 24.0 Å². The summed E-state index contributed by atoms with van der Waals surface area (Å²) < 4.78 is 7.18. The average Bonchev–Trinajstić information content (AvgIpc) is 3.39. The summed E-state index contributed by atoms with van der Waals surface area (Å²) in [5.41, 5.74) is 19.3. The quantitative estimate of drug-likeness (QED) is 0.142. The van der Waals surface area contributed by atoms with Gasteiger partial charge < -0.3 is 14.5 Å². The van der Waals surface area contributed by atoms with Crippen molar-refractivity contribution < 1.29 is 4.74 Å². The minimum Gasteiger partial charge on any atom is -0.457 e. The van der Waals surface area contributed by atoms with Crippen molar-refractivity contribution in [3.8, 4) is 44.9 Å². The molecule has 10 aromatic rings. The summed E-state index contributed by atoms with van der Waals surface area (Å²) in [4.78, 5) is 12.6. The Hall–Kier alpha value is -8.45. The van der Waals surface area contributed by atoms with Crippen LogP contribution in [0, 0.1) is 0 Å². The number of rotatable bonds is 8. The summed E-state index contributed by atoms with van der Waals surface area (Å²) in [5.74, 6) is 2.43. The van der Waals surface area contributed by atoms with Crippen molar-refractivity contribution in [1.29, 1.82) is 0 Å². The van der Waals surface area contributed by atoms with Crippen molar-refractivity contribution in [2.24, 2.45) is 0 Å². The third-order valence-corrected chi connectivity index (χ3v) is 22.3. The van der Waals surface area contributed by atoms with Crippen LogP contribution in [-0.2, 0) is 21.7 Å². The Labute approximate surface area is 487 Å². The molecular formula is C76H74N4OSi. The second-order valence-electron chi connectivity index (χ2n) is 26.9. The normalized spacial score (nSPS) is 15.5. The van der Waals surface area contributed by atoms with Crippen LogP contribution in [0.1, 0.15) is 105 Å². The fourth-order valence-corrected chi connectivity index (χ4v) is 18.5. The van der Waals surface area contributed by atoms with Gasteiger partial charge in [-0.25, -0.2) is 4.98 Å². The number of nitrogens with zero attached hydrogens (tertiary/aromatic N) is 4. The number of fused-ring (bicyclic) bond motifs is 6. The summed E-state index contributed by atoms with van der Waals surface area (Å²) in [6, 6.07) is 79.5. The zero-order valence-electron chi connectivity index (χ0n) is 49.7. The highest BCUT2D eigenvalue weighted by molar-refractivity contribution is 7.23. The van der Waals surface area contributed by atoms with E-state index in [1.165, 1.54) is 87.8 Å². The van der Waals surface area contributed by atoms with Gasteiger partial charge in [0.15, 0.2) is 8.07 Å². The number of benzene rings is 9. The van der Waals surface area contributed by atoms with Crippen LogP contribution in [0.15, 0.2) is 219 Å². The molecular weight excluding hydrogens is 1010 g/mol. The Balaban J connectivity index is 0.938. The molecule has 4 heterocycles. The van der Waals surface area contributed by atoms with Crippen LogP contribution in [0.5, 0.6) is 11.5 Å². The second-order valence-corrected chi connectivity index (χ2v) is 30.6. The van der Waals surface area contributed by atoms with Crippen LogP contribution in [-0.4, -0.2) is 19.7 Å². The number of anilines is 7. The predicted molar refractivity (Wildman–Crippen MR) is 349 cm³/mol. The Morgan fingerprint density at radius 3 is 1.67 bits per heavy atom. The van der Waals surface area contributed by atoms with Crippen LogP contribution in [0.3, 0.4) is 0 Å². The Morgan fingerprint density at radius 2 is 0.951 bits per heavy atom. The van der Waals surface area contributed by atoms with E-state index in [2.05, 4.69) is 310 Å². The number of hydrogen-bond acceptors (Lipinski definition) is 5. The second kappa shape index (κ2) is 19.3. The molecule has 0 saturated heterocycles. The lowest BCUT2D eigenvalue weighted by atomic mass is 9.78. The van der Waals surface area contributed by atoms with Crippen molar-refractivity contribution in [3.05, 3.63) is 241 Å². The smallest absolute Gasteiger partial charge is 0.185 e. The molecule has 1 aromatic heterocycles. The van der Waals surface area contributed by atoms with Crippen molar-refractivity contribution in [1.82, 2.24) is 4.98 Å². The Morgan fingerprint density at radius 1 is 0.390 bits per heavy atom. The van der Waals surface area contributed by atoms with E-state index in [4.69, 9.17) is 9.72 Å². The van der Waals surface area contributed by atoms with Crippen molar-refractivity contribution in [3.63, 3.8) is 0 Å². The van der Waals surface area contributed by atoms with Crippen molar-refractivity contribution in [2.45, 2.75) is 105 Å². The first-order chi connectivity index (χ1) is 39.2. The number of para-hydroxylation sites is 3. The first-order valence-electron chi connectivity index (χ1n) is 29.2. The van der Waals surface area contributed by atoms with Gasteiger partial charge in [0, 0.05) is 40.8 Å². The summed E-state index contributed by atoms with van der Waals surface area (Å²) in [6.45, 7) is 28.3. The molecule has 0 saturated carbocycles. The maximum Gasteiger partial charge on any atom is 0.185 e. The molecule has 0 aliphatic carbocycles. The van der Waals surface area contributed by atoms with Crippen LogP contribution in [0.4, 0.5) is 39.9 Å². The molecule has 0 amide bonds. The highest BCUT2D eigenvalue weighted by Gasteiger charge is 2.55. The molecule has 6 heteroatoms. The molecule has 5 nitrogen and oxygen atoms in total. The molecule has 13 rings (SSSR count). The SMILES string of the molecule is CC(C)(C)c1cccc(-c2cccc(-c3cc(C(C)(C)C)cc(C(C)(C)C)c3)c2N2CN(c3cccc(Oc4ccc5c(c4)N(c4cc(C(C)(C)C)ccn4)c4cccc6c4[Si]5(c4ccccc4)c4ccccc4-6)c3)c3ccccc32)c1. The van der Waals surface area contributed by atoms with E-state index in [1.54, 1.807) is 0 Å². The topological polar surface area (TPSA) is 31.8 Å². The fourth-order valence-electron chi connectivity index (χ4n) is 13.0. The molecule has 0 radical (unpaired) electrons. The van der Waals surface area contributed by atoms with Gasteiger partial charge in [0.2, 0.25) is 0 Å². The van der Waals surface area contributed by atoms with E-state index < -0.39 is 8.07 Å². The third-order valence-electron chi connectivity index (χ3n) is 17.4. The molecule has 0 spiro atoms. The molecule has 0 bridgehead atoms. The lowest BCUT2D eigenvalue weighted by Crippen LogP contribution is -2.75. The van der Waals surface area contributed by atoms with E-state index in [9.17, 15) is 0 Å². The van der Waals surface area contributed by atoms with Crippen LogP contribution >= 0.6 is 0 Å². The van der Waals surface area contributed by atoms with Gasteiger partial charge >= 0.3 is 0 Å². The van der Waals surface area contributed by atoms with Gasteiger partial charge in [0.25, 0.3) is 0 Å². The molecule has 1 unspecified atom stereocenters. The zero-order chi connectivity index (χ0) is 57.1. The largest absolute Gasteiger partial charge is 0.457 e. The van der Waals surface area contributed by atoms with Gasteiger partial charge in [-0.1, -0.05) is 235 Å². The molecule has 9 aromatic carbocycles. The molecule has 0 fully saturated rings. The predicted octanol–water partition coefficient (Wildman–Crippen LogP) is 17.8. The minimum absolute atomic E-state index is 0.0158. The first-order valence-corrected chi connectivity index (χ1v) is 31.2. The third kappa shape index (κ3) is 8.85. The fraction of sp³-hybridized carbons (Fsp3) is 0.224. The van der Waals surface area contributed by atoms with Gasteiger partial charge in [-0.3, -0.25) is 4.90 Å². The maximum atomic E-state index is 7.18. The maximum absolute atomic E-state index is 7.18. The number of pyridine rings is 1. The Bertz CT molecular complexity index is 4100. The molecule has 3 aliphatic rings. The van der Waals surface area contributed by atoms with Gasteiger partial charge in [-0.05, 0) is 135 Å². The van der Waals surface area contributed by atoms with Crippen LogP contribution in [0.25, 0.3) is 33.4 Å². The van der Waals surface area contributed by atoms with E-state index in [1.807, 2.05) is 6.20 Å². The van der Waals surface area contributed by atoms with Crippen molar-refractivity contribution >= 4 is 68.8 Å². The Kier molecular flexibility index (Phi) is 12.5. The highest BCUT2D eigenvalue weighted by Crippen LogP contribution is 2.52. The standard InChI is InChI=1S/C76H74N4OSi/c1-73(2,3)52-25-20-24-50(42-52)60-31-22-32-61(51-43-54(75(7,8)9)45-55(44-51)76(10,11)12)71(60)79-49-78(64-34-17-18-35-65(64)79)56-26-21-27-57(47-56)81-58-38-39-69-67(48-58)80(70-46-53(40-41-77-70)74(4,5)6)66-36-23-33-63-62-30-16-19-37-68(62)82(69,72(63)66)59-28-14-13-15-29-59/h13-48H,49H2,1-12H3. The molecule has 0 N–H and O–H groups in total. The van der Waals surface area contributed by atoms with Gasteiger partial charge in [-0.2, -0.15) is 0 Å². The number of hydrogen-bond donors (Lipinski definition) is 0. The van der Waals surface area contributed by atoms with Crippen LogP contribution < -0.4 is 40.2 Å². The first kappa shape index (κ1) is 52.9. The summed E-state index contributed by atoms with van der Waals surface area (Å²) in [7, 11) is -2.86. The van der Waals surface area contributed by atoms with Gasteiger partial charge in [-0.15, -0.1) is 0 Å². The van der Waals surface area contributed by atoms with E-state index >= 15 is 0 Å². The molecule has 82 heavy (non-hydrogen) atoms. The number of aromatic nitrogens is 1. The molecule has 3 aliphatic heterocycles. The summed E-state index contributed by atoms with van der Waals surface area (Å²) in [5, 5.41) is 5.53. The van der Waals surface area contributed by atoms with E-state index in [0.29, 0.717) is 6.67 Å². The lowest BCUT2D eigenvalue weighted by Gasteiger charge is -2.43. The number of ether oxygens (including phenoxy) is 1. The summed E-state index contributed by atoms with van der Waals surface area (Å²) in [6.07, 6.45) is 1.98. The summed E-state index contributed by atoms with van der Waals surface area (Å²) >= 11 is 0. The van der Waals surface area contributed by atoms with Crippen molar-refractivity contribution in [2.75, 3.05) is 21.4 Å². The monoisotopic (exact) mass is 1090 g/mol. The highest BCUT2D eigenvalue weighted by atomic mass is 28.3. The lowest BCUT2D eigenvalue weighted by molar-refractivity contribution is 0.483. The van der Waals surface area contributed by atoms with Crippen LogP contribution in [0.2, 0.25) is 0 Å². The van der Waals surface area contributed by atoms with E-state index in [-0.39, 0.29) is 21.7 Å². The van der Waals surface area contributed by atoms with E-state index in [0.717, 1.165) is 40.1 Å². The zero-order valence-corrected chi connectivity index (χ0v) is 50.7. The molecule has 1 atom stereocenters. The van der Waals surface area contributed by atoms with Gasteiger partial charge in [0.05, 0.1) is 22.7 Å². The minimum atomic E-state index is -2.86. The average molecular weight is 1090 g/mol. The molecule has 408 valence electrons.